The van der Waals surface area contributed by atoms with Crippen molar-refractivity contribution in [3.8, 4) is 0 Å². The fourth-order valence-corrected chi connectivity index (χ4v) is 3.18. The van der Waals surface area contributed by atoms with Gasteiger partial charge in [0, 0.05) is 38.8 Å². The van der Waals surface area contributed by atoms with Gasteiger partial charge in [-0.05, 0) is 51.1 Å². The zero-order valence-corrected chi connectivity index (χ0v) is 11.9. The zero-order valence-electron chi connectivity index (χ0n) is 11.9. The highest BCUT2D eigenvalue weighted by atomic mass is 16.5. The largest absolute Gasteiger partial charge is 0.381 e. The van der Waals surface area contributed by atoms with Gasteiger partial charge in [0.1, 0.15) is 0 Å². The first-order valence-electron chi connectivity index (χ1n) is 7.92. The molecule has 1 saturated carbocycles. The Morgan fingerprint density at radius 3 is 2.74 bits per heavy atom. The summed E-state index contributed by atoms with van der Waals surface area (Å²) < 4.78 is 5.43. The average molecular weight is 266 g/mol. The van der Waals surface area contributed by atoms with E-state index in [1.165, 1.54) is 19.4 Å². The van der Waals surface area contributed by atoms with E-state index >= 15 is 0 Å². The molecule has 4 heteroatoms. The van der Waals surface area contributed by atoms with Crippen molar-refractivity contribution < 1.29 is 9.53 Å². The minimum absolute atomic E-state index is 0.377. The van der Waals surface area contributed by atoms with Crippen molar-refractivity contribution in [1.29, 1.82) is 0 Å². The second kappa shape index (κ2) is 6.23. The van der Waals surface area contributed by atoms with Crippen LogP contribution in [0.25, 0.3) is 0 Å². The predicted octanol–water partition coefficient (Wildman–Crippen LogP) is 1.36. The van der Waals surface area contributed by atoms with E-state index in [0.717, 1.165) is 64.6 Å². The van der Waals surface area contributed by atoms with E-state index in [1.54, 1.807) is 0 Å². The lowest BCUT2D eigenvalue weighted by Gasteiger charge is -2.22. The second-order valence-corrected chi connectivity index (χ2v) is 6.31. The van der Waals surface area contributed by atoms with Crippen molar-refractivity contribution in [2.45, 2.75) is 32.1 Å². The topological polar surface area (TPSA) is 32.8 Å². The van der Waals surface area contributed by atoms with Gasteiger partial charge < -0.3 is 14.5 Å². The summed E-state index contributed by atoms with van der Waals surface area (Å²) in [6.07, 6.45) is 5.89. The van der Waals surface area contributed by atoms with Crippen LogP contribution in [-0.2, 0) is 9.53 Å². The molecule has 0 radical (unpaired) electrons. The maximum atomic E-state index is 12.1. The molecule has 0 aromatic carbocycles. The molecule has 4 nitrogen and oxygen atoms in total. The summed E-state index contributed by atoms with van der Waals surface area (Å²) in [5.74, 6) is 1.57. The lowest BCUT2D eigenvalue weighted by atomic mass is 10.1. The first-order chi connectivity index (χ1) is 9.33. The van der Waals surface area contributed by atoms with E-state index in [-0.39, 0.29) is 0 Å². The van der Waals surface area contributed by atoms with Gasteiger partial charge in [0.05, 0.1) is 0 Å². The standard InChI is InChI=1S/C15H26N2O2/c18-15(14-2-3-14)17-7-1-6-16(9-10-17)8-4-13-5-11-19-12-13/h13-14H,1-12H2/t13-/m1/s1. The van der Waals surface area contributed by atoms with Crippen molar-refractivity contribution in [3.63, 3.8) is 0 Å². The highest BCUT2D eigenvalue weighted by molar-refractivity contribution is 5.81. The van der Waals surface area contributed by atoms with E-state index in [1.807, 2.05) is 0 Å². The third-order valence-corrected chi connectivity index (χ3v) is 4.70. The van der Waals surface area contributed by atoms with Crippen molar-refractivity contribution in [3.05, 3.63) is 0 Å². The van der Waals surface area contributed by atoms with Gasteiger partial charge >= 0.3 is 0 Å². The molecule has 0 spiro atoms. The van der Waals surface area contributed by atoms with Crippen LogP contribution in [0.4, 0.5) is 0 Å². The Hall–Kier alpha value is -0.610. The monoisotopic (exact) mass is 266 g/mol. The third kappa shape index (κ3) is 3.69. The van der Waals surface area contributed by atoms with Crippen LogP contribution in [0.15, 0.2) is 0 Å². The van der Waals surface area contributed by atoms with Crippen LogP contribution >= 0.6 is 0 Å². The zero-order chi connectivity index (χ0) is 13.1. The van der Waals surface area contributed by atoms with Gasteiger partial charge in [-0.15, -0.1) is 0 Å². The molecule has 2 aliphatic heterocycles. The van der Waals surface area contributed by atoms with Crippen LogP contribution in [0.3, 0.4) is 0 Å². The molecule has 1 amide bonds. The molecule has 0 aromatic rings. The maximum absolute atomic E-state index is 12.1. The van der Waals surface area contributed by atoms with Crippen molar-refractivity contribution >= 4 is 5.91 Å². The number of hydrogen-bond donors (Lipinski definition) is 0. The summed E-state index contributed by atoms with van der Waals surface area (Å²) in [5, 5.41) is 0. The Balaban J connectivity index is 1.40. The van der Waals surface area contributed by atoms with Gasteiger partial charge in [-0.1, -0.05) is 0 Å². The fourth-order valence-electron chi connectivity index (χ4n) is 3.18. The van der Waals surface area contributed by atoms with E-state index in [2.05, 4.69) is 9.80 Å². The van der Waals surface area contributed by atoms with E-state index < -0.39 is 0 Å². The number of ether oxygens (including phenoxy) is 1. The van der Waals surface area contributed by atoms with Crippen LogP contribution in [0.1, 0.15) is 32.1 Å². The number of rotatable bonds is 4. The number of nitrogens with zero attached hydrogens (tertiary/aromatic N) is 2. The quantitative estimate of drug-likeness (QED) is 0.770. The third-order valence-electron chi connectivity index (χ3n) is 4.70. The SMILES string of the molecule is O=C(C1CC1)N1CCCN(CC[C@@H]2CCOC2)CC1. The first-order valence-corrected chi connectivity index (χ1v) is 7.92. The fraction of sp³-hybridized carbons (Fsp3) is 0.933. The molecule has 3 fully saturated rings. The van der Waals surface area contributed by atoms with Gasteiger partial charge in [0.25, 0.3) is 0 Å². The first kappa shape index (κ1) is 13.4. The Kier molecular flexibility index (Phi) is 4.38. The lowest BCUT2D eigenvalue weighted by molar-refractivity contribution is -0.132. The van der Waals surface area contributed by atoms with Crippen LogP contribution in [-0.4, -0.2) is 61.6 Å². The summed E-state index contributed by atoms with van der Waals surface area (Å²) in [7, 11) is 0. The molecule has 3 aliphatic rings. The number of carbonyl (C=O) groups excluding carboxylic acids is 1. The van der Waals surface area contributed by atoms with Crippen LogP contribution in [0, 0.1) is 11.8 Å². The molecule has 2 heterocycles. The summed E-state index contributed by atoms with van der Waals surface area (Å²) >= 11 is 0. The van der Waals surface area contributed by atoms with Gasteiger partial charge in [-0.3, -0.25) is 4.79 Å². The molecule has 0 N–H and O–H groups in total. The summed E-state index contributed by atoms with van der Waals surface area (Å²) in [6, 6.07) is 0. The normalized spacial score (nSPS) is 29.5. The molecular formula is C15H26N2O2. The number of carbonyl (C=O) groups is 1. The average Bonchev–Trinajstić information content (AvgIpc) is 3.19. The predicted molar refractivity (Wildman–Crippen MR) is 73.9 cm³/mol. The molecule has 108 valence electrons. The van der Waals surface area contributed by atoms with Crippen molar-refractivity contribution in [2.24, 2.45) is 11.8 Å². The van der Waals surface area contributed by atoms with E-state index in [0.29, 0.717) is 11.8 Å². The maximum Gasteiger partial charge on any atom is 0.225 e. The molecule has 0 unspecified atom stereocenters. The Morgan fingerprint density at radius 1 is 1.11 bits per heavy atom. The molecule has 2 saturated heterocycles. The molecular weight excluding hydrogens is 240 g/mol. The van der Waals surface area contributed by atoms with Crippen LogP contribution in [0.5, 0.6) is 0 Å². The van der Waals surface area contributed by atoms with Gasteiger partial charge in [0.15, 0.2) is 0 Å². The van der Waals surface area contributed by atoms with E-state index in [4.69, 9.17) is 4.74 Å². The van der Waals surface area contributed by atoms with E-state index in [9.17, 15) is 4.79 Å². The van der Waals surface area contributed by atoms with Crippen molar-refractivity contribution in [1.82, 2.24) is 9.80 Å². The highest BCUT2D eigenvalue weighted by Gasteiger charge is 2.33. The van der Waals surface area contributed by atoms with Crippen LogP contribution < -0.4 is 0 Å². The number of amides is 1. The minimum Gasteiger partial charge on any atom is -0.381 e. The minimum atomic E-state index is 0.377. The Labute approximate surface area is 116 Å². The second-order valence-electron chi connectivity index (χ2n) is 6.31. The smallest absolute Gasteiger partial charge is 0.225 e. The number of hydrogen-bond acceptors (Lipinski definition) is 3. The lowest BCUT2D eigenvalue weighted by Crippen LogP contribution is -2.36. The Bertz CT molecular complexity index is 311. The summed E-state index contributed by atoms with van der Waals surface area (Å²) in [6.45, 7) is 7.22. The van der Waals surface area contributed by atoms with Gasteiger partial charge in [-0.2, -0.15) is 0 Å². The molecule has 1 aliphatic carbocycles. The molecule has 19 heavy (non-hydrogen) atoms. The van der Waals surface area contributed by atoms with Crippen molar-refractivity contribution in [2.75, 3.05) is 45.9 Å². The molecule has 3 rings (SSSR count). The molecule has 1 atom stereocenters. The molecule has 0 aromatic heterocycles. The Morgan fingerprint density at radius 2 is 2.00 bits per heavy atom. The van der Waals surface area contributed by atoms with Gasteiger partial charge in [0.2, 0.25) is 5.91 Å². The van der Waals surface area contributed by atoms with Crippen LogP contribution in [0.2, 0.25) is 0 Å². The molecule has 0 bridgehead atoms. The summed E-state index contributed by atoms with van der Waals surface area (Å²) in [4.78, 5) is 16.7. The highest BCUT2D eigenvalue weighted by Crippen LogP contribution is 2.31. The van der Waals surface area contributed by atoms with Gasteiger partial charge in [-0.25, -0.2) is 0 Å². The summed E-state index contributed by atoms with van der Waals surface area (Å²) in [5.41, 5.74) is 0.